The van der Waals surface area contributed by atoms with E-state index in [1.54, 1.807) is 0 Å². The molecule has 10 heteroatoms. The number of carbonyl (C=O) groups excluding carboxylic acids is 1. The van der Waals surface area contributed by atoms with Gasteiger partial charge in [-0.3, -0.25) is 0 Å². The minimum Gasteiger partial charge on any atom is -0.409 e. The maximum absolute atomic E-state index is 13.7. The number of hydrogen-bond donors (Lipinski definition) is 0. The third-order valence-corrected chi connectivity index (χ3v) is 6.48. The van der Waals surface area contributed by atoms with E-state index in [1.807, 2.05) is 60.7 Å². The van der Waals surface area contributed by atoms with Crippen molar-refractivity contribution in [3.8, 4) is 0 Å². The molecule has 0 aliphatic rings. The number of alkyl halides is 7. The monoisotopic (exact) mass is 475 g/mol. The molecule has 0 radical (unpaired) electrons. The van der Waals surface area contributed by atoms with Crippen LogP contribution in [-0.4, -0.2) is 24.2 Å². The number of hydrogen-bond acceptors (Lipinski definition) is 2. The van der Waals surface area contributed by atoms with Gasteiger partial charge in [-0.2, -0.15) is 30.7 Å². The first-order valence-electron chi connectivity index (χ1n) is 8.94. The fourth-order valence-corrected chi connectivity index (χ4v) is 4.79. The summed E-state index contributed by atoms with van der Waals surface area (Å²) in [5.41, 5.74) is -0.658. The van der Waals surface area contributed by atoms with Gasteiger partial charge in [-0.15, -0.1) is 0 Å². The highest BCUT2D eigenvalue weighted by atomic mass is 32.2. The summed E-state index contributed by atoms with van der Waals surface area (Å²) in [7, 11) is -0.670. The van der Waals surface area contributed by atoms with Crippen molar-refractivity contribution < 1.29 is 40.3 Å². The average molecular weight is 475 g/mol. The van der Waals surface area contributed by atoms with E-state index in [0.29, 0.717) is 4.90 Å². The number of halogens is 7. The summed E-state index contributed by atoms with van der Waals surface area (Å²) in [6.07, 6.45) is -13.0. The van der Waals surface area contributed by atoms with Crippen LogP contribution in [0.1, 0.15) is 10.4 Å². The molecule has 0 amide bonds. The molecule has 3 aromatic rings. The minimum atomic E-state index is -6.49. The number of esters is 1. The summed E-state index contributed by atoms with van der Waals surface area (Å²) in [4.78, 5) is 14.3. The third-order valence-electron chi connectivity index (χ3n) is 4.25. The summed E-state index contributed by atoms with van der Waals surface area (Å²) in [5, 5.41) is 0. The van der Waals surface area contributed by atoms with Gasteiger partial charge in [0.25, 0.3) is 0 Å². The van der Waals surface area contributed by atoms with Crippen LogP contribution in [0.5, 0.6) is 0 Å². The Hall–Kier alpha value is -3.01. The molecule has 0 atom stereocenters. The van der Waals surface area contributed by atoms with Crippen LogP contribution in [0.25, 0.3) is 0 Å². The van der Waals surface area contributed by atoms with E-state index in [2.05, 4.69) is 4.74 Å². The van der Waals surface area contributed by atoms with Crippen molar-refractivity contribution in [2.45, 2.75) is 32.9 Å². The molecule has 0 fully saturated rings. The van der Waals surface area contributed by atoms with Crippen molar-refractivity contribution in [3.05, 3.63) is 90.5 Å². The average Bonchev–Trinajstić information content (AvgIpc) is 2.74. The van der Waals surface area contributed by atoms with Gasteiger partial charge >= 0.3 is 24.2 Å². The van der Waals surface area contributed by atoms with E-state index in [4.69, 9.17) is 0 Å². The van der Waals surface area contributed by atoms with E-state index in [1.165, 1.54) is 12.1 Å². The van der Waals surface area contributed by atoms with Gasteiger partial charge in [0.1, 0.15) is 0 Å². The lowest BCUT2D eigenvalue weighted by atomic mass is 10.2. The fraction of sp³-hybridized carbons (Fsp3) is 0.136. The molecule has 0 aliphatic carbocycles. The minimum absolute atomic E-state index is 0.636. The Balaban J connectivity index is 1.93. The van der Waals surface area contributed by atoms with Gasteiger partial charge in [0.2, 0.25) is 0 Å². The second-order valence-electron chi connectivity index (χ2n) is 6.44. The molecule has 0 saturated carbocycles. The summed E-state index contributed by atoms with van der Waals surface area (Å²) in [6, 6.07) is 23.1. The van der Waals surface area contributed by atoms with Crippen LogP contribution >= 0.6 is 0 Å². The highest BCUT2D eigenvalue weighted by Crippen LogP contribution is 2.47. The number of benzene rings is 3. The first-order chi connectivity index (χ1) is 14.9. The molecular weight excluding hydrogens is 461 g/mol. The van der Waals surface area contributed by atoms with Crippen molar-refractivity contribution in [2.24, 2.45) is 0 Å². The molecule has 0 bridgehead atoms. The van der Waals surface area contributed by atoms with Crippen LogP contribution in [0.2, 0.25) is 0 Å². The Morgan fingerprint density at radius 3 is 1.34 bits per heavy atom. The molecule has 0 heterocycles. The molecule has 3 rings (SSSR count). The van der Waals surface area contributed by atoms with Gasteiger partial charge in [0.05, 0.1) is 16.5 Å². The molecule has 2 nitrogen and oxygen atoms in total. The van der Waals surface area contributed by atoms with E-state index in [0.717, 1.165) is 21.9 Å². The lowest BCUT2D eigenvalue weighted by Crippen LogP contribution is -2.56. The zero-order valence-corrected chi connectivity index (χ0v) is 16.8. The van der Waals surface area contributed by atoms with E-state index >= 15 is 0 Å². The van der Waals surface area contributed by atoms with E-state index in [9.17, 15) is 35.5 Å². The summed E-state index contributed by atoms with van der Waals surface area (Å²) < 4.78 is 92.9. The Morgan fingerprint density at radius 2 is 0.969 bits per heavy atom. The molecule has 168 valence electrons. The number of carbonyl (C=O) groups is 1. The van der Waals surface area contributed by atoms with Crippen molar-refractivity contribution in [3.63, 3.8) is 0 Å². The molecule has 0 spiro atoms. The third kappa shape index (κ3) is 4.74. The number of ether oxygens (including phenoxy) is 1. The molecule has 0 aromatic heterocycles. The first-order valence-corrected chi connectivity index (χ1v) is 10.2. The van der Waals surface area contributed by atoms with Crippen molar-refractivity contribution in [1.82, 2.24) is 0 Å². The van der Waals surface area contributed by atoms with Crippen LogP contribution in [0.4, 0.5) is 30.7 Å². The van der Waals surface area contributed by atoms with Crippen LogP contribution < -0.4 is 0 Å². The Morgan fingerprint density at radius 1 is 0.594 bits per heavy atom. The quantitative estimate of drug-likeness (QED) is 0.232. The molecule has 32 heavy (non-hydrogen) atoms. The predicted molar refractivity (Wildman–Crippen MR) is 103 cm³/mol. The molecule has 0 saturated heterocycles. The molecule has 0 aliphatic heterocycles. The van der Waals surface area contributed by atoms with E-state index in [-0.39, 0.29) is 0 Å². The Bertz CT molecular complexity index is 996. The smallest absolute Gasteiger partial charge is 0.409 e. The first kappa shape index (κ1) is 23.6. The van der Waals surface area contributed by atoms with E-state index < -0.39 is 40.6 Å². The SMILES string of the molecule is O=C(OC(F)(C(F)(F)F)C(F)(F)F)c1ccc([S+](c2ccccc2)c2ccccc2)cc1. The zero-order valence-electron chi connectivity index (χ0n) is 16.0. The lowest BCUT2D eigenvalue weighted by molar-refractivity contribution is -0.413. The van der Waals surface area contributed by atoms with Crippen LogP contribution in [0.3, 0.4) is 0 Å². The summed E-state index contributed by atoms with van der Waals surface area (Å²) in [6.45, 7) is 0. The maximum atomic E-state index is 13.7. The largest absolute Gasteiger partial charge is 0.470 e. The van der Waals surface area contributed by atoms with Gasteiger partial charge in [-0.05, 0) is 48.5 Å². The van der Waals surface area contributed by atoms with Crippen LogP contribution in [0.15, 0.2) is 99.6 Å². The normalized spacial score (nSPS) is 12.6. The van der Waals surface area contributed by atoms with Gasteiger partial charge in [0.15, 0.2) is 14.7 Å². The fourth-order valence-electron chi connectivity index (χ4n) is 2.71. The molecule has 3 aromatic carbocycles. The highest BCUT2D eigenvalue weighted by Gasteiger charge is 2.76. The standard InChI is InChI=1S/C22H14F7O2S/c23-20(21(24,25)26,22(27,28)29)31-19(30)15-11-13-18(14-12-15)32(16-7-3-1-4-8-16)17-9-5-2-6-10-17/h1-14H/q+1. The predicted octanol–water partition coefficient (Wildman–Crippen LogP) is 6.73. The van der Waals surface area contributed by atoms with Crippen molar-refractivity contribution in [1.29, 1.82) is 0 Å². The zero-order chi connectivity index (χ0) is 23.6. The lowest BCUT2D eigenvalue weighted by Gasteiger charge is -2.28. The molecule has 0 N–H and O–H groups in total. The summed E-state index contributed by atoms with van der Waals surface area (Å²) in [5.74, 6) is -8.21. The van der Waals surface area contributed by atoms with Crippen LogP contribution in [-0.2, 0) is 15.6 Å². The van der Waals surface area contributed by atoms with Crippen molar-refractivity contribution in [2.75, 3.05) is 0 Å². The van der Waals surface area contributed by atoms with Crippen LogP contribution in [0, 0.1) is 0 Å². The van der Waals surface area contributed by atoms with Gasteiger partial charge in [0, 0.05) is 0 Å². The maximum Gasteiger partial charge on any atom is 0.470 e. The van der Waals surface area contributed by atoms with Gasteiger partial charge in [-0.25, -0.2) is 4.79 Å². The molecule has 0 unspecified atom stereocenters. The Kier molecular flexibility index (Phi) is 6.54. The van der Waals surface area contributed by atoms with Gasteiger partial charge < -0.3 is 4.74 Å². The highest BCUT2D eigenvalue weighted by molar-refractivity contribution is 7.97. The molecular formula is C22H14F7O2S+. The topological polar surface area (TPSA) is 26.3 Å². The second kappa shape index (κ2) is 8.85. The Labute approximate surface area is 181 Å². The van der Waals surface area contributed by atoms with Crippen molar-refractivity contribution >= 4 is 16.9 Å². The number of rotatable bonds is 5. The summed E-state index contributed by atoms with van der Waals surface area (Å²) >= 11 is 0. The van der Waals surface area contributed by atoms with Gasteiger partial charge in [-0.1, -0.05) is 36.4 Å². The second-order valence-corrected chi connectivity index (χ2v) is 8.46.